The molecular formula is C20H24N2O5S. The van der Waals surface area contributed by atoms with Gasteiger partial charge in [-0.15, -0.1) is 0 Å². The topological polar surface area (TPSA) is 84.9 Å². The van der Waals surface area contributed by atoms with Crippen molar-refractivity contribution in [3.05, 3.63) is 52.6 Å². The Morgan fingerprint density at radius 1 is 1.07 bits per heavy atom. The number of fused-ring (bicyclic) bond motifs is 1. The molecular weight excluding hydrogens is 380 g/mol. The van der Waals surface area contributed by atoms with E-state index in [0.29, 0.717) is 30.9 Å². The van der Waals surface area contributed by atoms with Gasteiger partial charge in [-0.1, -0.05) is 6.07 Å². The highest BCUT2D eigenvalue weighted by molar-refractivity contribution is 7.92. The van der Waals surface area contributed by atoms with E-state index in [9.17, 15) is 13.2 Å². The summed E-state index contributed by atoms with van der Waals surface area (Å²) in [6.45, 7) is 4.71. The standard InChI is InChI=1S/C20H24N2O5S/c1-13-9-18(26-3)19(10-14(13)2)28(24,25)21-17-6-5-15-7-8-22(20(23)27-4)12-16(15)11-17/h5-6,9-11,21H,7-8,12H2,1-4H3. The van der Waals surface area contributed by atoms with Crippen molar-refractivity contribution in [1.29, 1.82) is 0 Å². The molecule has 1 aliphatic heterocycles. The van der Waals surface area contributed by atoms with Gasteiger partial charge in [0.05, 0.1) is 14.2 Å². The fraction of sp³-hybridized carbons (Fsp3) is 0.350. The fourth-order valence-electron chi connectivity index (χ4n) is 3.25. The number of methoxy groups -OCH3 is 2. The van der Waals surface area contributed by atoms with Crippen LogP contribution >= 0.6 is 0 Å². The van der Waals surface area contributed by atoms with Crippen LogP contribution in [0.15, 0.2) is 35.2 Å². The zero-order chi connectivity index (χ0) is 20.5. The number of sulfonamides is 1. The first-order valence-corrected chi connectivity index (χ1v) is 10.4. The van der Waals surface area contributed by atoms with Gasteiger partial charge in [-0.25, -0.2) is 13.2 Å². The summed E-state index contributed by atoms with van der Waals surface area (Å²) in [7, 11) is -1.04. The van der Waals surface area contributed by atoms with Crippen molar-refractivity contribution < 1.29 is 22.7 Å². The number of benzene rings is 2. The molecule has 2 aromatic carbocycles. The van der Waals surface area contributed by atoms with Crippen molar-refractivity contribution in [3.63, 3.8) is 0 Å². The summed E-state index contributed by atoms with van der Waals surface area (Å²) in [5.74, 6) is 0.297. The number of hydrogen-bond acceptors (Lipinski definition) is 5. The maximum atomic E-state index is 13.0. The summed E-state index contributed by atoms with van der Waals surface area (Å²) in [6.07, 6.45) is 0.305. The number of hydrogen-bond donors (Lipinski definition) is 1. The van der Waals surface area contributed by atoms with Crippen molar-refractivity contribution >= 4 is 21.8 Å². The number of anilines is 1. The minimum atomic E-state index is -3.84. The number of rotatable bonds is 4. The van der Waals surface area contributed by atoms with E-state index in [4.69, 9.17) is 9.47 Å². The van der Waals surface area contributed by atoms with E-state index in [1.165, 1.54) is 14.2 Å². The van der Waals surface area contributed by atoms with Crippen LogP contribution in [0.3, 0.4) is 0 Å². The largest absolute Gasteiger partial charge is 0.495 e. The van der Waals surface area contributed by atoms with Crippen LogP contribution in [0, 0.1) is 13.8 Å². The van der Waals surface area contributed by atoms with Crippen LogP contribution in [0.4, 0.5) is 10.5 Å². The van der Waals surface area contributed by atoms with Crippen LogP contribution in [-0.4, -0.2) is 40.2 Å². The fourth-order valence-corrected chi connectivity index (χ4v) is 4.53. The monoisotopic (exact) mass is 404 g/mol. The zero-order valence-corrected chi connectivity index (χ0v) is 17.2. The first-order chi connectivity index (χ1) is 13.2. The van der Waals surface area contributed by atoms with Gasteiger partial charge in [0, 0.05) is 18.8 Å². The smallest absolute Gasteiger partial charge is 0.409 e. The second kappa shape index (κ2) is 7.71. The van der Waals surface area contributed by atoms with Crippen LogP contribution < -0.4 is 9.46 Å². The third kappa shape index (κ3) is 3.91. The van der Waals surface area contributed by atoms with E-state index in [1.807, 2.05) is 19.9 Å². The molecule has 1 amide bonds. The highest BCUT2D eigenvalue weighted by atomic mass is 32.2. The maximum absolute atomic E-state index is 13.0. The lowest BCUT2D eigenvalue weighted by molar-refractivity contribution is 0.118. The van der Waals surface area contributed by atoms with Crippen LogP contribution in [0.5, 0.6) is 5.75 Å². The Bertz CT molecular complexity index is 1020. The van der Waals surface area contributed by atoms with Crippen LogP contribution in [0.1, 0.15) is 22.3 Å². The van der Waals surface area contributed by atoms with Crippen molar-refractivity contribution in [2.45, 2.75) is 31.7 Å². The second-order valence-electron chi connectivity index (χ2n) is 6.82. The molecule has 2 aromatic rings. The molecule has 8 heteroatoms. The van der Waals surface area contributed by atoms with Gasteiger partial charge in [0.2, 0.25) is 0 Å². The molecule has 150 valence electrons. The van der Waals surface area contributed by atoms with Crippen molar-refractivity contribution in [1.82, 2.24) is 4.90 Å². The predicted molar refractivity (Wildman–Crippen MR) is 106 cm³/mol. The molecule has 0 unspecified atom stereocenters. The summed E-state index contributed by atoms with van der Waals surface area (Å²) < 4.78 is 38.6. The quantitative estimate of drug-likeness (QED) is 0.846. The molecule has 0 fully saturated rings. The molecule has 0 aliphatic carbocycles. The Hall–Kier alpha value is -2.74. The normalized spacial score (nSPS) is 13.6. The summed E-state index contributed by atoms with van der Waals surface area (Å²) in [5, 5.41) is 0. The molecule has 7 nitrogen and oxygen atoms in total. The van der Waals surface area contributed by atoms with E-state index >= 15 is 0 Å². The predicted octanol–water partition coefficient (Wildman–Crippen LogP) is 3.24. The van der Waals surface area contributed by atoms with Gasteiger partial charge < -0.3 is 14.4 Å². The molecule has 0 bridgehead atoms. The number of amides is 1. The minimum absolute atomic E-state index is 0.0898. The number of aryl methyl sites for hydroxylation is 2. The SMILES string of the molecule is COC(=O)N1CCc2ccc(NS(=O)(=O)c3cc(C)c(C)cc3OC)cc2C1. The number of ether oxygens (including phenoxy) is 2. The molecule has 0 saturated heterocycles. The Morgan fingerprint density at radius 2 is 1.79 bits per heavy atom. The highest BCUT2D eigenvalue weighted by Crippen LogP contribution is 2.30. The number of carbonyl (C=O) groups excluding carboxylic acids is 1. The number of carbonyl (C=O) groups is 1. The zero-order valence-electron chi connectivity index (χ0n) is 16.4. The van der Waals surface area contributed by atoms with Gasteiger partial charge in [-0.3, -0.25) is 4.72 Å². The molecule has 1 aliphatic rings. The van der Waals surface area contributed by atoms with Gasteiger partial charge in [-0.05, 0) is 66.8 Å². The summed E-state index contributed by atoms with van der Waals surface area (Å²) >= 11 is 0. The van der Waals surface area contributed by atoms with E-state index in [-0.39, 0.29) is 4.90 Å². The average molecular weight is 404 g/mol. The van der Waals surface area contributed by atoms with E-state index in [2.05, 4.69) is 4.72 Å². The molecule has 0 spiro atoms. The minimum Gasteiger partial charge on any atom is -0.495 e. The second-order valence-corrected chi connectivity index (χ2v) is 8.47. The van der Waals surface area contributed by atoms with Crippen LogP contribution in [-0.2, 0) is 27.7 Å². The molecule has 0 radical (unpaired) electrons. The summed E-state index contributed by atoms with van der Waals surface area (Å²) in [4.78, 5) is 13.5. The Morgan fingerprint density at radius 3 is 2.46 bits per heavy atom. The van der Waals surface area contributed by atoms with Gasteiger partial charge >= 0.3 is 6.09 Å². The lowest BCUT2D eigenvalue weighted by atomic mass is 9.99. The van der Waals surface area contributed by atoms with Gasteiger partial charge in [0.1, 0.15) is 10.6 Å². The van der Waals surface area contributed by atoms with Gasteiger partial charge in [0.15, 0.2) is 0 Å². The Labute approximate surface area is 165 Å². The van der Waals surface area contributed by atoms with Crippen molar-refractivity contribution in [3.8, 4) is 5.75 Å². The van der Waals surface area contributed by atoms with Crippen molar-refractivity contribution in [2.24, 2.45) is 0 Å². The maximum Gasteiger partial charge on any atom is 0.409 e. The molecule has 0 atom stereocenters. The van der Waals surface area contributed by atoms with E-state index < -0.39 is 16.1 Å². The molecule has 0 aromatic heterocycles. The Kier molecular flexibility index (Phi) is 5.51. The molecule has 3 rings (SSSR count). The van der Waals surface area contributed by atoms with Crippen LogP contribution in [0.2, 0.25) is 0 Å². The third-order valence-electron chi connectivity index (χ3n) is 4.97. The highest BCUT2D eigenvalue weighted by Gasteiger charge is 2.24. The van der Waals surface area contributed by atoms with E-state index in [1.54, 1.807) is 29.2 Å². The lowest BCUT2D eigenvalue weighted by Crippen LogP contribution is -2.35. The Balaban J connectivity index is 1.90. The number of nitrogens with one attached hydrogen (secondary N) is 1. The summed E-state index contributed by atoms with van der Waals surface area (Å²) in [5.41, 5.74) is 4.23. The van der Waals surface area contributed by atoms with Crippen molar-refractivity contribution in [2.75, 3.05) is 25.5 Å². The molecule has 1 N–H and O–H groups in total. The third-order valence-corrected chi connectivity index (χ3v) is 6.38. The molecule has 0 saturated carbocycles. The first-order valence-electron chi connectivity index (χ1n) is 8.88. The molecule has 1 heterocycles. The van der Waals surface area contributed by atoms with Crippen LogP contribution in [0.25, 0.3) is 0 Å². The lowest BCUT2D eigenvalue weighted by Gasteiger charge is -2.28. The summed E-state index contributed by atoms with van der Waals surface area (Å²) in [6, 6.07) is 8.70. The van der Waals surface area contributed by atoms with Gasteiger partial charge in [0.25, 0.3) is 10.0 Å². The van der Waals surface area contributed by atoms with Gasteiger partial charge in [-0.2, -0.15) is 0 Å². The first kappa shape index (κ1) is 20.0. The van der Waals surface area contributed by atoms with E-state index in [0.717, 1.165) is 22.3 Å². The average Bonchev–Trinajstić information content (AvgIpc) is 2.68. The number of nitrogens with zero attached hydrogens (tertiary/aromatic N) is 1. The molecule has 28 heavy (non-hydrogen) atoms.